The van der Waals surface area contributed by atoms with E-state index in [9.17, 15) is 4.79 Å². The molecule has 0 unspecified atom stereocenters. The van der Waals surface area contributed by atoms with Crippen molar-refractivity contribution in [2.75, 3.05) is 12.4 Å². The molecule has 0 aliphatic heterocycles. The van der Waals surface area contributed by atoms with Crippen molar-refractivity contribution < 1.29 is 4.79 Å². The van der Waals surface area contributed by atoms with Crippen molar-refractivity contribution in [1.29, 1.82) is 0 Å². The number of hydrogen-bond donors (Lipinski definition) is 2. The summed E-state index contributed by atoms with van der Waals surface area (Å²) in [7, 11) is 1.75. The third kappa shape index (κ3) is 3.16. The van der Waals surface area contributed by atoms with E-state index < -0.39 is 0 Å². The molecule has 15 heavy (non-hydrogen) atoms. The van der Waals surface area contributed by atoms with Gasteiger partial charge in [-0.1, -0.05) is 18.3 Å². The lowest BCUT2D eigenvalue weighted by molar-refractivity contribution is 0.0910. The lowest BCUT2D eigenvalue weighted by Crippen LogP contribution is -2.42. The maximum absolute atomic E-state index is 11.7. The van der Waals surface area contributed by atoms with E-state index >= 15 is 0 Å². The van der Waals surface area contributed by atoms with Gasteiger partial charge in [-0.15, -0.1) is 10.2 Å². The molecule has 0 atom stereocenters. The molecule has 0 radical (unpaired) electrons. The highest BCUT2D eigenvalue weighted by molar-refractivity contribution is 7.17. The summed E-state index contributed by atoms with van der Waals surface area (Å²) < 4.78 is 0. The first kappa shape index (κ1) is 11.9. The molecule has 84 valence electrons. The Labute approximate surface area is 93.3 Å². The molecule has 1 aromatic rings. The summed E-state index contributed by atoms with van der Waals surface area (Å²) in [5, 5.41) is 14.4. The second-order valence-corrected chi connectivity index (χ2v) is 4.83. The first-order valence-electron chi connectivity index (χ1n) is 4.82. The Bertz CT molecular complexity index is 348. The van der Waals surface area contributed by atoms with Crippen LogP contribution in [0.1, 0.15) is 37.0 Å². The standard InChI is InChI=1S/C9H16N4OS/c1-5-9(2,3)11-6(14)7-12-13-8(10-4)15-7/h5H2,1-4H3,(H,10,13)(H,11,14). The van der Waals surface area contributed by atoms with E-state index in [0.29, 0.717) is 10.1 Å². The minimum atomic E-state index is -0.206. The zero-order valence-corrected chi connectivity index (χ0v) is 10.2. The summed E-state index contributed by atoms with van der Waals surface area (Å²) in [5.41, 5.74) is -0.206. The van der Waals surface area contributed by atoms with Crippen LogP contribution in [0.15, 0.2) is 0 Å². The van der Waals surface area contributed by atoms with Crippen LogP contribution in [0.25, 0.3) is 0 Å². The molecule has 5 nitrogen and oxygen atoms in total. The fourth-order valence-corrected chi connectivity index (χ4v) is 1.46. The van der Waals surface area contributed by atoms with Gasteiger partial charge in [-0.05, 0) is 20.3 Å². The Morgan fingerprint density at radius 1 is 1.47 bits per heavy atom. The Hall–Kier alpha value is -1.17. The molecule has 2 N–H and O–H groups in total. The van der Waals surface area contributed by atoms with Gasteiger partial charge < -0.3 is 10.6 Å². The van der Waals surface area contributed by atoms with Gasteiger partial charge in [-0.3, -0.25) is 4.79 Å². The van der Waals surface area contributed by atoms with Gasteiger partial charge in [0, 0.05) is 12.6 Å². The summed E-state index contributed by atoms with van der Waals surface area (Å²) >= 11 is 1.25. The van der Waals surface area contributed by atoms with Gasteiger partial charge in [0.1, 0.15) is 0 Å². The number of amides is 1. The van der Waals surface area contributed by atoms with Crippen LogP contribution in [0, 0.1) is 0 Å². The van der Waals surface area contributed by atoms with Gasteiger partial charge in [0.05, 0.1) is 0 Å². The average molecular weight is 228 g/mol. The second kappa shape index (κ2) is 4.57. The van der Waals surface area contributed by atoms with Gasteiger partial charge in [0.25, 0.3) is 5.91 Å². The van der Waals surface area contributed by atoms with Crippen molar-refractivity contribution in [3.8, 4) is 0 Å². The largest absolute Gasteiger partial charge is 0.363 e. The Morgan fingerprint density at radius 3 is 2.60 bits per heavy atom. The number of aromatic nitrogens is 2. The summed E-state index contributed by atoms with van der Waals surface area (Å²) in [6.45, 7) is 5.98. The normalized spacial score (nSPS) is 11.2. The Kier molecular flexibility index (Phi) is 3.62. The first-order chi connectivity index (χ1) is 6.98. The predicted molar refractivity (Wildman–Crippen MR) is 61.3 cm³/mol. The van der Waals surface area contributed by atoms with Crippen molar-refractivity contribution in [1.82, 2.24) is 15.5 Å². The fourth-order valence-electron chi connectivity index (χ4n) is 0.865. The zero-order valence-electron chi connectivity index (χ0n) is 9.42. The minimum Gasteiger partial charge on any atom is -0.363 e. The van der Waals surface area contributed by atoms with Crippen molar-refractivity contribution in [2.24, 2.45) is 0 Å². The SMILES string of the molecule is CCC(C)(C)NC(=O)c1nnc(NC)s1. The van der Waals surface area contributed by atoms with E-state index in [4.69, 9.17) is 0 Å². The van der Waals surface area contributed by atoms with Gasteiger partial charge in [0.15, 0.2) is 0 Å². The van der Waals surface area contributed by atoms with Gasteiger partial charge in [0.2, 0.25) is 10.1 Å². The summed E-state index contributed by atoms with van der Waals surface area (Å²) in [6, 6.07) is 0. The van der Waals surface area contributed by atoms with E-state index in [2.05, 4.69) is 20.8 Å². The predicted octanol–water partition coefficient (Wildman–Crippen LogP) is 1.50. The molecule has 1 amide bonds. The molecular weight excluding hydrogens is 212 g/mol. The molecule has 0 aromatic carbocycles. The van der Waals surface area contributed by atoms with Crippen LogP contribution in [-0.4, -0.2) is 28.7 Å². The Balaban J connectivity index is 2.69. The molecule has 0 saturated heterocycles. The molecule has 0 aliphatic rings. The van der Waals surface area contributed by atoms with Crippen molar-refractivity contribution >= 4 is 22.4 Å². The molecule has 0 spiro atoms. The minimum absolute atomic E-state index is 0.166. The number of nitrogens with one attached hydrogen (secondary N) is 2. The van der Waals surface area contributed by atoms with E-state index in [0.717, 1.165) is 6.42 Å². The molecule has 6 heteroatoms. The van der Waals surface area contributed by atoms with Crippen LogP contribution in [0.2, 0.25) is 0 Å². The number of hydrogen-bond acceptors (Lipinski definition) is 5. The first-order valence-corrected chi connectivity index (χ1v) is 5.64. The highest BCUT2D eigenvalue weighted by Gasteiger charge is 2.21. The van der Waals surface area contributed by atoms with Gasteiger partial charge >= 0.3 is 0 Å². The van der Waals surface area contributed by atoms with E-state index in [1.807, 2.05) is 20.8 Å². The summed E-state index contributed by atoms with van der Waals surface area (Å²) in [4.78, 5) is 11.7. The zero-order chi connectivity index (χ0) is 11.5. The molecule has 1 heterocycles. The second-order valence-electron chi connectivity index (χ2n) is 3.85. The molecular formula is C9H16N4OS. The van der Waals surface area contributed by atoms with Crippen LogP contribution in [-0.2, 0) is 0 Å². The number of carbonyl (C=O) groups is 1. The number of nitrogens with zero attached hydrogens (tertiary/aromatic N) is 2. The molecule has 1 aromatic heterocycles. The van der Waals surface area contributed by atoms with E-state index in [1.54, 1.807) is 7.05 Å². The highest BCUT2D eigenvalue weighted by Crippen LogP contribution is 2.15. The van der Waals surface area contributed by atoms with Crippen molar-refractivity contribution in [3.63, 3.8) is 0 Å². The van der Waals surface area contributed by atoms with Crippen LogP contribution in [0.3, 0.4) is 0 Å². The maximum atomic E-state index is 11.7. The summed E-state index contributed by atoms with van der Waals surface area (Å²) in [5.74, 6) is -0.166. The lowest BCUT2D eigenvalue weighted by Gasteiger charge is -2.23. The number of rotatable bonds is 4. The Morgan fingerprint density at radius 2 is 2.13 bits per heavy atom. The van der Waals surface area contributed by atoms with Gasteiger partial charge in [-0.2, -0.15) is 0 Å². The number of anilines is 1. The third-order valence-corrected chi connectivity index (χ3v) is 3.11. The van der Waals surface area contributed by atoms with Crippen molar-refractivity contribution in [3.05, 3.63) is 5.01 Å². The third-order valence-electron chi connectivity index (χ3n) is 2.17. The molecule has 0 fully saturated rings. The van der Waals surface area contributed by atoms with Crippen LogP contribution in [0.5, 0.6) is 0 Å². The van der Waals surface area contributed by atoms with E-state index in [1.165, 1.54) is 11.3 Å². The highest BCUT2D eigenvalue weighted by atomic mass is 32.1. The van der Waals surface area contributed by atoms with Crippen molar-refractivity contribution in [2.45, 2.75) is 32.7 Å². The van der Waals surface area contributed by atoms with Gasteiger partial charge in [-0.25, -0.2) is 0 Å². The lowest BCUT2D eigenvalue weighted by atomic mass is 10.0. The molecule has 0 bridgehead atoms. The molecule has 0 saturated carbocycles. The van der Waals surface area contributed by atoms with Crippen LogP contribution >= 0.6 is 11.3 Å². The molecule has 0 aliphatic carbocycles. The fraction of sp³-hybridized carbons (Fsp3) is 0.667. The topological polar surface area (TPSA) is 66.9 Å². The monoisotopic (exact) mass is 228 g/mol. The van der Waals surface area contributed by atoms with Crippen LogP contribution in [0.4, 0.5) is 5.13 Å². The maximum Gasteiger partial charge on any atom is 0.282 e. The van der Waals surface area contributed by atoms with Crippen LogP contribution < -0.4 is 10.6 Å². The molecule has 1 rings (SSSR count). The quantitative estimate of drug-likeness (QED) is 0.819. The van der Waals surface area contributed by atoms with E-state index in [-0.39, 0.29) is 11.4 Å². The smallest absolute Gasteiger partial charge is 0.282 e. The summed E-state index contributed by atoms with van der Waals surface area (Å²) in [6.07, 6.45) is 0.871. The number of carbonyl (C=O) groups excluding carboxylic acids is 1. The average Bonchev–Trinajstić information content (AvgIpc) is 2.65.